The van der Waals surface area contributed by atoms with Crippen LogP contribution in [0, 0.1) is 0 Å². The van der Waals surface area contributed by atoms with Gasteiger partial charge in [0.25, 0.3) is 0 Å². The van der Waals surface area contributed by atoms with Crippen molar-refractivity contribution in [2.24, 2.45) is 0 Å². The van der Waals surface area contributed by atoms with E-state index in [-0.39, 0.29) is 12.0 Å². The van der Waals surface area contributed by atoms with Crippen LogP contribution in [0.1, 0.15) is 20.3 Å². The van der Waals surface area contributed by atoms with Crippen molar-refractivity contribution in [2.45, 2.75) is 26.6 Å². The second kappa shape index (κ2) is 6.48. The molecule has 0 aromatic carbocycles. The van der Waals surface area contributed by atoms with Crippen molar-refractivity contribution in [3.8, 4) is 0 Å². The lowest BCUT2D eigenvalue weighted by atomic mass is 10.4. The molecule has 0 amide bonds. The van der Waals surface area contributed by atoms with Crippen molar-refractivity contribution in [1.82, 2.24) is 0 Å². The molecule has 0 radical (unpaired) electrons. The first-order valence-corrected chi connectivity index (χ1v) is 4.77. The summed E-state index contributed by atoms with van der Waals surface area (Å²) in [4.78, 5) is 21.9. The predicted molar refractivity (Wildman–Crippen MR) is 54.9 cm³/mol. The van der Waals surface area contributed by atoms with E-state index in [2.05, 4.69) is 19.2 Å². The highest BCUT2D eigenvalue weighted by Gasteiger charge is 2.13. The Labute approximate surface area is 88.7 Å². The molecule has 80 valence electrons. The minimum absolute atomic E-state index is 0.193. The Morgan fingerprint density at radius 1 is 1.43 bits per heavy atom. The molecule has 0 aliphatic rings. The van der Waals surface area contributed by atoms with Crippen molar-refractivity contribution < 1.29 is 19.1 Å². The number of hydrogen-bond acceptors (Lipinski definition) is 5. The van der Waals surface area contributed by atoms with Crippen LogP contribution in [-0.4, -0.2) is 24.0 Å². The van der Waals surface area contributed by atoms with Crippen molar-refractivity contribution in [1.29, 1.82) is 0 Å². The van der Waals surface area contributed by atoms with Gasteiger partial charge in [-0.2, -0.15) is 12.6 Å². The summed E-state index contributed by atoms with van der Waals surface area (Å²) < 4.78 is 9.46. The van der Waals surface area contributed by atoms with Gasteiger partial charge in [0.05, 0.1) is 6.42 Å². The van der Waals surface area contributed by atoms with Gasteiger partial charge in [0.15, 0.2) is 0 Å². The summed E-state index contributed by atoms with van der Waals surface area (Å²) in [6.07, 6.45) is -0.690. The third kappa shape index (κ3) is 5.64. The standard InChI is InChI=1S/C9H14O4S/c1-6(2)9(11)13-7(3)12-8(10)4-5-14/h7,14H,1,4-5H2,2-3H3. The van der Waals surface area contributed by atoms with Gasteiger partial charge in [-0.25, -0.2) is 4.79 Å². The first-order valence-electron chi connectivity index (χ1n) is 4.14. The Morgan fingerprint density at radius 3 is 2.43 bits per heavy atom. The first kappa shape index (κ1) is 13.0. The maximum atomic E-state index is 11.0. The molecule has 0 heterocycles. The fourth-order valence-electron chi connectivity index (χ4n) is 0.611. The summed E-state index contributed by atoms with van der Waals surface area (Å²) in [5.41, 5.74) is 0.266. The van der Waals surface area contributed by atoms with Crippen LogP contribution in [0.3, 0.4) is 0 Å². The molecule has 0 saturated heterocycles. The summed E-state index contributed by atoms with van der Waals surface area (Å²) in [6, 6.07) is 0. The van der Waals surface area contributed by atoms with Crippen molar-refractivity contribution >= 4 is 24.6 Å². The monoisotopic (exact) mass is 218 g/mol. The number of carbonyl (C=O) groups excluding carboxylic acids is 2. The summed E-state index contributed by atoms with van der Waals surface area (Å²) in [5.74, 6) is -0.613. The van der Waals surface area contributed by atoms with Crippen LogP contribution < -0.4 is 0 Å². The summed E-state index contributed by atoms with van der Waals surface area (Å²) in [6.45, 7) is 6.38. The van der Waals surface area contributed by atoms with Crippen LogP contribution >= 0.6 is 12.6 Å². The molecule has 4 nitrogen and oxygen atoms in total. The van der Waals surface area contributed by atoms with Gasteiger partial charge in [-0.05, 0) is 6.92 Å². The van der Waals surface area contributed by atoms with Gasteiger partial charge in [0.1, 0.15) is 0 Å². The molecule has 0 fully saturated rings. The zero-order valence-corrected chi connectivity index (χ0v) is 9.17. The molecule has 0 spiro atoms. The lowest BCUT2D eigenvalue weighted by Crippen LogP contribution is -2.22. The average molecular weight is 218 g/mol. The minimum Gasteiger partial charge on any atom is -0.425 e. The quantitative estimate of drug-likeness (QED) is 0.327. The third-order valence-electron chi connectivity index (χ3n) is 1.23. The molecule has 0 N–H and O–H groups in total. The van der Waals surface area contributed by atoms with Crippen LogP contribution in [0.2, 0.25) is 0 Å². The second-order valence-corrected chi connectivity index (χ2v) is 3.16. The summed E-state index contributed by atoms with van der Waals surface area (Å²) in [5, 5.41) is 0. The van der Waals surface area contributed by atoms with Gasteiger partial charge in [-0.3, -0.25) is 4.79 Å². The Morgan fingerprint density at radius 2 is 2.00 bits per heavy atom. The van der Waals surface area contributed by atoms with Crippen molar-refractivity contribution in [2.75, 3.05) is 5.75 Å². The molecule has 0 aromatic rings. The molecule has 0 aliphatic carbocycles. The van der Waals surface area contributed by atoms with E-state index in [1.165, 1.54) is 13.8 Å². The van der Waals surface area contributed by atoms with Crippen LogP contribution in [0.25, 0.3) is 0 Å². The molecular weight excluding hydrogens is 204 g/mol. The maximum Gasteiger partial charge on any atom is 0.336 e. The number of carbonyl (C=O) groups is 2. The Balaban J connectivity index is 3.86. The number of hydrogen-bond donors (Lipinski definition) is 1. The zero-order valence-electron chi connectivity index (χ0n) is 8.28. The van der Waals surface area contributed by atoms with Gasteiger partial charge >= 0.3 is 11.9 Å². The minimum atomic E-state index is -0.883. The molecule has 0 rings (SSSR count). The molecule has 0 bridgehead atoms. The number of ether oxygens (including phenoxy) is 2. The van der Waals surface area contributed by atoms with Gasteiger partial charge in [0, 0.05) is 18.2 Å². The molecule has 0 aromatic heterocycles. The number of thiol groups is 1. The Hall–Kier alpha value is -0.970. The molecule has 14 heavy (non-hydrogen) atoms. The number of esters is 2. The SMILES string of the molecule is C=C(C)C(=O)OC(C)OC(=O)CCS. The highest BCUT2D eigenvalue weighted by Crippen LogP contribution is 2.01. The Kier molecular flexibility index (Phi) is 6.03. The molecular formula is C9H14O4S. The predicted octanol–water partition coefficient (Wildman–Crippen LogP) is 1.31. The van der Waals surface area contributed by atoms with Gasteiger partial charge in [-0.1, -0.05) is 6.58 Å². The Bertz CT molecular complexity index is 237. The van der Waals surface area contributed by atoms with E-state index >= 15 is 0 Å². The lowest BCUT2D eigenvalue weighted by molar-refractivity contribution is -0.181. The highest BCUT2D eigenvalue weighted by molar-refractivity contribution is 7.80. The first-order chi connectivity index (χ1) is 6.47. The fourth-order valence-corrected chi connectivity index (χ4v) is 0.793. The molecule has 5 heteroatoms. The van der Waals surface area contributed by atoms with E-state index in [1.54, 1.807) is 0 Å². The van der Waals surface area contributed by atoms with E-state index in [9.17, 15) is 9.59 Å². The van der Waals surface area contributed by atoms with Crippen LogP contribution in [0.4, 0.5) is 0 Å². The topological polar surface area (TPSA) is 52.6 Å². The lowest BCUT2D eigenvalue weighted by Gasteiger charge is -2.13. The second-order valence-electron chi connectivity index (χ2n) is 2.72. The van der Waals surface area contributed by atoms with Crippen LogP contribution in [-0.2, 0) is 19.1 Å². The largest absolute Gasteiger partial charge is 0.425 e. The van der Waals surface area contributed by atoms with E-state index in [0.29, 0.717) is 5.75 Å². The number of rotatable bonds is 5. The van der Waals surface area contributed by atoms with Crippen molar-refractivity contribution in [3.05, 3.63) is 12.2 Å². The molecule has 1 unspecified atom stereocenters. The third-order valence-corrected chi connectivity index (χ3v) is 1.46. The van der Waals surface area contributed by atoms with Gasteiger partial charge in [0.2, 0.25) is 6.29 Å². The van der Waals surface area contributed by atoms with Gasteiger partial charge < -0.3 is 9.47 Å². The van der Waals surface area contributed by atoms with E-state index < -0.39 is 18.2 Å². The summed E-state index contributed by atoms with van der Waals surface area (Å²) >= 11 is 3.86. The van der Waals surface area contributed by atoms with Gasteiger partial charge in [-0.15, -0.1) is 0 Å². The van der Waals surface area contributed by atoms with E-state index in [1.807, 2.05) is 0 Å². The maximum absolute atomic E-state index is 11.0. The van der Waals surface area contributed by atoms with Crippen molar-refractivity contribution in [3.63, 3.8) is 0 Å². The van der Waals surface area contributed by atoms with Crippen LogP contribution in [0.5, 0.6) is 0 Å². The smallest absolute Gasteiger partial charge is 0.336 e. The van der Waals surface area contributed by atoms with E-state index in [4.69, 9.17) is 9.47 Å². The van der Waals surface area contributed by atoms with E-state index in [0.717, 1.165) is 0 Å². The fraction of sp³-hybridized carbons (Fsp3) is 0.556. The summed E-state index contributed by atoms with van der Waals surface area (Å²) in [7, 11) is 0. The normalized spacial score (nSPS) is 11.6. The molecule has 0 saturated carbocycles. The zero-order chi connectivity index (χ0) is 11.1. The molecule has 0 aliphatic heterocycles. The molecule has 1 atom stereocenters. The average Bonchev–Trinajstić information content (AvgIpc) is 2.03. The highest BCUT2D eigenvalue weighted by atomic mass is 32.1. The van der Waals surface area contributed by atoms with Crippen LogP contribution in [0.15, 0.2) is 12.2 Å².